The van der Waals surface area contributed by atoms with Crippen LogP contribution < -0.4 is 0 Å². The number of hydrogen-bond donors (Lipinski definition) is 0. The molecule has 138 valence electrons. The molecule has 2 aliphatic heterocycles. The van der Waals surface area contributed by atoms with Gasteiger partial charge >= 0.3 is 6.09 Å². The van der Waals surface area contributed by atoms with Gasteiger partial charge in [0.2, 0.25) is 0 Å². The molecular formula is C18H27N3O4. The average molecular weight is 349 g/mol. The zero-order chi connectivity index (χ0) is 18.1. The van der Waals surface area contributed by atoms with E-state index in [9.17, 15) is 9.59 Å². The lowest BCUT2D eigenvalue weighted by Gasteiger charge is -2.39. The van der Waals surface area contributed by atoms with Crippen molar-refractivity contribution in [1.82, 2.24) is 15.0 Å². The van der Waals surface area contributed by atoms with E-state index in [-0.39, 0.29) is 24.1 Å². The Labute approximate surface area is 148 Å². The molecule has 2 fully saturated rings. The molecule has 3 rings (SSSR count). The van der Waals surface area contributed by atoms with Crippen LogP contribution in [0, 0.1) is 19.8 Å². The number of likely N-dealkylation sites (tertiary alicyclic amines) is 1. The number of piperidine rings is 1. The third-order valence-corrected chi connectivity index (χ3v) is 5.64. The molecule has 0 aromatic carbocycles. The Morgan fingerprint density at radius 3 is 2.56 bits per heavy atom. The molecule has 1 aromatic rings. The second-order valence-corrected chi connectivity index (χ2v) is 7.16. The number of nitrogens with zero attached hydrogens (tertiary/aromatic N) is 3. The molecule has 0 aliphatic carbocycles. The fraction of sp³-hybridized carbons (Fsp3) is 0.722. The van der Waals surface area contributed by atoms with Gasteiger partial charge in [0.25, 0.3) is 5.91 Å². The van der Waals surface area contributed by atoms with Crippen molar-refractivity contribution in [2.45, 2.75) is 59.0 Å². The molecule has 0 spiro atoms. The first-order valence-electron chi connectivity index (χ1n) is 9.11. The number of carbonyl (C=O) groups excluding carboxylic acids is 2. The van der Waals surface area contributed by atoms with E-state index in [2.05, 4.69) is 19.0 Å². The Balaban J connectivity index is 1.65. The minimum atomic E-state index is -0.208. The number of carbonyl (C=O) groups is 2. The van der Waals surface area contributed by atoms with Crippen molar-refractivity contribution in [3.05, 3.63) is 17.0 Å². The Hall–Kier alpha value is -2.05. The molecule has 1 aromatic heterocycles. The lowest BCUT2D eigenvalue weighted by Crippen LogP contribution is -2.51. The molecule has 0 radical (unpaired) electrons. The number of hydrogen-bond acceptors (Lipinski definition) is 5. The molecule has 0 bridgehead atoms. The van der Waals surface area contributed by atoms with Crippen LogP contribution in [0.1, 0.15) is 54.9 Å². The summed E-state index contributed by atoms with van der Waals surface area (Å²) in [7, 11) is 0. The molecule has 25 heavy (non-hydrogen) atoms. The van der Waals surface area contributed by atoms with Gasteiger partial charge in [0.05, 0.1) is 11.7 Å². The van der Waals surface area contributed by atoms with Crippen LogP contribution in [0.4, 0.5) is 4.79 Å². The maximum Gasteiger partial charge on any atom is 0.410 e. The summed E-state index contributed by atoms with van der Waals surface area (Å²) in [6.07, 6.45) is 2.36. The minimum absolute atomic E-state index is 0.0304. The normalized spacial score (nSPS) is 23.0. The molecule has 3 heterocycles. The molecule has 2 amide bonds. The molecule has 7 heteroatoms. The van der Waals surface area contributed by atoms with Crippen LogP contribution in [0.5, 0.6) is 0 Å². The predicted octanol–water partition coefficient (Wildman–Crippen LogP) is 2.76. The summed E-state index contributed by atoms with van der Waals surface area (Å²) in [6, 6.07) is 0.287. The van der Waals surface area contributed by atoms with Crippen LogP contribution in [0.2, 0.25) is 0 Å². The summed E-state index contributed by atoms with van der Waals surface area (Å²) < 4.78 is 10.4. The predicted molar refractivity (Wildman–Crippen MR) is 91.3 cm³/mol. The van der Waals surface area contributed by atoms with Gasteiger partial charge in [0.15, 0.2) is 0 Å². The van der Waals surface area contributed by atoms with Crippen molar-refractivity contribution >= 4 is 12.0 Å². The Bertz CT molecular complexity index is 629. The van der Waals surface area contributed by atoms with Gasteiger partial charge < -0.3 is 14.2 Å². The maximum absolute atomic E-state index is 12.7. The summed E-state index contributed by atoms with van der Waals surface area (Å²) in [5, 5.41) is 3.87. The monoisotopic (exact) mass is 349 g/mol. The Kier molecular flexibility index (Phi) is 5.01. The van der Waals surface area contributed by atoms with E-state index in [1.54, 1.807) is 13.8 Å². The van der Waals surface area contributed by atoms with Gasteiger partial charge in [0, 0.05) is 19.1 Å². The van der Waals surface area contributed by atoms with Crippen LogP contribution in [-0.4, -0.2) is 58.7 Å². The summed E-state index contributed by atoms with van der Waals surface area (Å²) in [5.74, 6) is 0.940. The topological polar surface area (TPSA) is 75.9 Å². The van der Waals surface area contributed by atoms with Crippen molar-refractivity contribution in [2.24, 2.45) is 5.92 Å². The fourth-order valence-corrected chi connectivity index (χ4v) is 3.87. The zero-order valence-corrected chi connectivity index (χ0v) is 15.4. The highest BCUT2D eigenvalue weighted by atomic mass is 16.6. The van der Waals surface area contributed by atoms with E-state index in [1.807, 2.05) is 9.80 Å². The second-order valence-electron chi connectivity index (χ2n) is 7.16. The van der Waals surface area contributed by atoms with Crippen molar-refractivity contribution in [3.8, 4) is 0 Å². The third-order valence-electron chi connectivity index (χ3n) is 5.64. The van der Waals surface area contributed by atoms with Crippen molar-refractivity contribution < 1.29 is 18.8 Å². The summed E-state index contributed by atoms with van der Waals surface area (Å²) in [4.78, 5) is 28.7. The number of rotatable bonds is 4. The average Bonchev–Trinajstić information content (AvgIpc) is 3.16. The summed E-state index contributed by atoms with van der Waals surface area (Å²) in [5.41, 5.74) is 1.20. The van der Waals surface area contributed by atoms with Gasteiger partial charge in [-0.05, 0) is 32.6 Å². The highest BCUT2D eigenvalue weighted by molar-refractivity contribution is 5.96. The van der Waals surface area contributed by atoms with E-state index in [0.717, 1.165) is 19.3 Å². The second kappa shape index (κ2) is 7.06. The Morgan fingerprint density at radius 1 is 1.32 bits per heavy atom. The quantitative estimate of drug-likeness (QED) is 0.835. The maximum atomic E-state index is 12.7. The molecule has 2 atom stereocenters. The van der Waals surface area contributed by atoms with E-state index >= 15 is 0 Å². The van der Waals surface area contributed by atoms with Crippen LogP contribution in [0.15, 0.2) is 4.52 Å². The Morgan fingerprint density at radius 2 is 2.00 bits per heavy atom. The van der Waals surface area contributed by atoms with Gasteiger partial charge in [-0.2, -0.15) is 0 Å². The zero-order valence-electron chi connectivity index (χ0n) is 15.4. The minimum Gasteiger partial charge on any atom is -0.447 e. The van der Waals surface area contributed by atoms with Crippen LogP contribution >= 0.6 is 0 Å². The van der Waals surface area contributed by atoms with Crippen molar-refractivity contribution in [3.63, 3.8) is 0 Å². The summed E-state index contributed by atoms with van der Waals surface area (Å²) in [6.45, 7) is 9.58. The number of cyclic esters (lactones) is 1. The van der Waals surface area contributed by atoms with Crippen LogP contribution in [-0.2, 0) is 4.74 Å². The number of amides is 2. The molecule has 2 unspecified atom stereocenters. The van der Waals surface area contributed by atoms with Crippen molar-refractivity contribution in [1.29, 1.82) is 0 Å². The molecule has 0 N–H and O–H groups in total. The smallest absolute Gasteiger partial charge is 0.410 e. The number of aryl methyl sites for hydroxylation is 2. The lowest BCUT2D eigenvalue weighted by molar-refractivity contribution is 0.0613. The van der Waals surface area contributed by atoms with Gasteiger partial charge in [-0.3, -0.25) is 9.69 Å². The fourth-order valence-electron chi connectivity index (χ4n) is 3.87. The molecule has 2 aliphatic rings. The SMILES string of the molecule is CCC(C)C1COC(=O)N1C1CCN(C(=O)c2c(C)noc2C)CC1. The highest BCUT2D eigenvalue weighted by Crippen LogP contribution is 2.29. The third kappa shape index (κ3) is 3.24. The number of ether oxygens (including phenoxy) is 1. The van der Waals surface area contributed by atoms with Crippen LogP contribution in [0.25, 0.3) is 0 Å². The standard InChI is InChI=1S/C18H27N3O4/c1-5-11(2)15-10-24-18(23)21(15)14-6-8-20(9-7-14)17(22)16-12(3)19-25-13(16)4/h11,14-15H,5-10H2,1-4H3. The van der Waals surface area contributed by atoms with Crippen LogP contribution in [0.3, 0.4) is 0 Å². The first-order valence-corrected chi connectivity index (χ1v) is 9.11. The number of aromatic nitrogens is 1. The van der Waals surface area contributed by atoms with Gasteiger partial charge in [-0.15, -0.1) is 0 Å². The van der Waals surface area contributed by atoms with Crippen molar-refractivity contribution in [2.75, 3.05) is 19.7 Å². The van der Waals surface area contributed by atoms with Gasteiger partial charge in [-0.1, -0.05) is 25.4 Å². The van der Waals surface area contributed by atoms with E-state index in [0.29, 0.717) is 42.6 Å². The van der Waals surface area contributed by atoms with Gasteiger partial charge in [0.1, 0.15) is 17.9 Å². The first kappa shape index (κ1) is 17.8. The van der Waals surface area contributed by atoms with Gasteiger partial charge in [-0.25, -0.2) is 4.79 Å². The molecule has 0 saturated carbocycles. The molecular weight excluding hydrogens is 322 g/mol. The first-order chi connectivity index (χ1) is 11.9. The van der Waals surface area contributed by atoms with E-state index < -0.39 is 0 Å². The van der Waals surface area contributed by atoms with E-state index in [1.165, 1.54) is 0 Å². The molecule has 2 saturated heterocycles. The summed E-state index contributed by atoms with van der Waals surface area (Å²) >= 11 is 0. The van der Waals surface area contributed by atoms with E-state index in [4.69, 9.17) is 9.26 Å². The highest BCUT2D eigenvalue weighted by Gasteiger charge is 2.42. The largest absolute Gasteiger partial charge is 0.447 e. The lowest BCUT2D eigenvalue weighted by atomic mass is 9.95. The molecule has 7 nitrogen and oxygen atoms in total.